The van der Waals surface area contributed by atoms with Crippen molar-refractivity contribution in [3.8, 4) is 11.4 Å². The summed E-state index contributed by atoms with van der Waals surface area (Å²) in [4.78, 5) is 10.7. The van der Waals surface area contributed by atoms with E-state index in [2.05, 4.69) is 15.0 Å². The zero-order chi connectivity index (χ0) is 9.26. The first kappa shape index (κ1) is 8.33. The zero-order valence-electron chi connectivity index (χ0n) is 6.52. The monoisotopic (exact) mass is 210 g/mol. The van der Waals surface area contributed by atoms with E-state index >= 15 is 0 Å². The van der Waals surface area contributed by atoms with Crippen LogP contribution >= 0.6 is 23.6 Å². The van der Waals surface area contributed by atoms with Crippen LogP contribution in [0.1, 0.15) is 0 Å². The molecule has 0 amide bonds. The fraction of sp³-hybridized carbons (Fsp3) is 0. The maximum Gasteiger partial charge on any atom is 0.224 e. The number of H-pyrrole nitrogens is 1. The van der Waals surface area contributed by atoms with Crippen LogP contribution in [-0.4, -0.2) is 15.0 Å². The summed E-state index contributed by atoms with van der Waals surface area (Å²) in [6.45, 7) is 0. The van der Waals surface area contributed by atoms with Crippen LogP contribution < -0.4 is 5.73 Å². The van der Waals surface area contributed by atoms with E-state index < -0.39 is 0 Å². The summed E-state index contributed by atoms with van der Waals surface area (Å²) in [5, 5.41) is 3.93. The predicted octanol–water partition coefficient (Wildman–Crippen LogP) is 1.84. The van der Waals surface area contributed by atoms with Gasteiger partial charge in [-0.25, -0.2) is 4.98 Å². The van der Waals surface area contributed by atoms with E-state index in [0.29, 0.717) is 11.8 Å². The van der Waals surface area contributed by atoms with Crippen molar-refractivity contribution >= 4 is 29.5 Å². The molecule has 13 heavy (non-hydrogen) atoms. The first-order valence-electron chi connectivity index (χ1n) is 3.52. The second-order valence-electron chi connectivity index (χ2n) is 2.38. The minimum absolute atomic E-state index is 0.262. The first-order valence-corrected chi connectivity index (χ1v) is 4.87. The molecular formula is C7H6N4S2. The first-order chi connectivity index (χ1) is 6.25. The highest BCUT2D eigenvalue weighted by atomic mass is 32.1. The molecule has 0 aliphatic carbocycles. The zero-order valence-corrected chi connectivity index (χ0v) is 8.15. The summed E-state index contributed by atoms with van der Waals surface area (Å²) in [5.41, 5.74) is 6.47. The Hall–Kier alpha value is -1.27. The maximum absolute atomic E-state index is 5.50. The van der Waals surface area contributed by atoms with Crippen molar-refractivity contribution in [3.63, 3.8) is 0 Å². The van der Waals surface area contributed by atoms with E-state index in [-0.39, 0.29) is 4.77 Å². The van der Waals surface area contributed by atoms with Gasteiger partial charge in [0.05, 0.1) is 0 Å². The topological polar surface area (TPSA) is 67.6 Å². The van der Waals surface area contributed by atoms with Gasteiger partial charge in [0, 0.05) is 10.9 Å². The van der Waals surface area contributed by atoms with Crippen molar-refractivity contribution in [2.75, 3.05) is 5.73 Å². The number of thiophene rings is 1. The highest BCUT2D eigenvalue weighted by molar-refractivity contribution is 7.71. The molecule has 0 bridgehead atoms. The second-order valence-corrected chi connectivity index (χ2v) is 3.52. The second kappa shape index (κ2) is 3.23. The fourth-order valence-corrected chi connectivity index (χ4v) is 1.77. The van der Waals surface area contributed by atoms with Crippen LogP contribution in [0.4, 0.5) is 5.95 Å². The van der Waals surface area contributed by atoms with E-state index in [1.165, 1.54) is 0 Å². The van der Waals surface area contributed by atoms with Gasteiger partial charge in [-0.2, -0.15) is 16.3 Å². The summed E-state index contributed by atoms with van der Waals surface area (Å²) >= 11 is 6.43. The van der Waals surface area contributed by atoms with Crippen molar-refractivity contribution < 1.29 is 0 Å². The van der Waals surface area contributed by atoms with E-state index in [1.54, 1.807) is 11.3 Å². The molecule has 2 rings (SSSR count). The lowest BCUT2D eigenvalue weighted by atomic mass is 10.3. The highest BCUT2D eigenvalue weighted by Crippen LogP contribution is 2.17. The van der Waals surface area contributed by atoms with Crippen molar-refractivity contribution in [2.45, 2.75) is 0 Å². The number of nitrogen functional groups attached to an aromatic ring is 1. The molecule has 0 saturated carbocycles. The van der Waals surface area contributed by atoms with Gasteiger partial charge in [0.1, 0.15) is 5.82 Å². The largest absolute Gasteiger partial charge is 0.369 e. The molecule has 0 fully saturated rings. The summed E-state index contributed by atoms with van der Waals surface area (Å²) in [6.07, 6.45) is 0. The molecule has 2 aromatic rings. The molecule has 66 valence electrons. The molecule has 2 aromatic heterocycles. The third-order valence-corrected chi connectivity index (χ3v) is 2.33. The molecule has 0 unspecified atom stereocenters. The molecule has 0 spiro atoms. The quantitative estimate of drug-likeness (QED) is 0.705. The summed E-state index contributed by atoms with van der Waals surface area (Å²) in [6, 6.07) is 1.94. The van der Waals surface area contributed by atoms with Gasteiger partial charge in [0.25, 0.3) is 0 Å². The van der Waals surface area contributed by atoms with Crippen molar-refractivity contribution in [1.82, 2.24) is 15.0 Å². The van der Waals surface area contributed by atoms with E-state index in [1.807, 2.05) is 16.8 Å². The molecule has 4 nitrogen and oxygen atoms in total. The fourth-order valence-electron chi connectivity index (χ4n) is 0.937. The number of nitrogens with one attached hydrogen (secondary N) is 1. The lowest BCUT2D eigenvalue weighted by Gasteiger charge is -1.97. The highest BCUT2D eigenvalue weighted by Gasteiger charge is 2.00. The van der Waals surface area contributed by atoms with Gasteiger partial charge >= 0.3 is 0 Å². The number of rotatable bonds is 1. The van der Waals surface area contributed by atoms with Crippen LogP contribution in [0.15, 0.2) is 16.8 Å². The number of hydrogen-bond donors (Lipinski definition) is 2. The van der Waals surface area contributed by atoms with Crippen LogP contribution in [0.2, 0.25) is 0 Å². The Labute approximate surface area is 83.5 Å². The smallest absolute Gasteiger partial charge is 0.224 e. The summed E-state index contributed by atoms with van der Waals surface area (Å²) in [5.74, 6) is 0.958. The number of aromatic amines is 1. The molecule has 0 aliphatic heterocycles. The average molecular weight is 210 g/mol. The predicted molar refractivity (Wildman–Crippen MR) is 54.9 cm³/mol. The standard InChI is InChI=1S/C7H6N4S2/c8-6-9-5(10-7(12)11-6)4-1-2-13-3-4/h1-3H,(H3,8,9,10,11,12). The summed E-state index contributed by atoms with van der Waals surface area (Å²) in [7, 11) is 0. The average Bonchev–Trinajstić information content (AvgIpc) is 2.53. The number of nitrogens with zero attached hydrogens (tertiary/aromatic N) is 2. The van der Waals surface area contributed by atoms with E-state index in [4.69, 9.17) is 18.0 Å². The van der Waals surface area contributed by atoms with Crippen LogP contribution in [0.5, 0.6) is 0 Å². The lowest BCUT2D eigenvalue weighted by Crippen LogP contribution is -1.98. The van der Waals surface area contributed by atoms with E-state index in [0.717, 1.165) is 5.56 Å². The van der Waals surface area contributed by atoms with Gasteiger partial charge in [-0.05, 0) is 23.7 Å². The third-order valence-electron chi connectivity index (χ3n) is 1.46. The molecule has 2 heterocycles. The molecule has 0 aliphatic rings. The van der Waals surface area contributed by atoms with Crippen LogP contribution in [0.25, 0.3) is 11.4 Å². The molecule has 3 N–H and O–H groups in total. The van der Waals surface area contributed by atoms with Gasteiger partial charge in [0.2, 0.25) is 10.7 Å². The molecule has 6 heteroatoms. The minimum atomic E-state index is 0.262. The van der Waals surface area contributed by atoms with Gasteiger partial charge in [-0.3, -0.25) is 0 Å². The molecule has 0 atom stereocenters. The SMILES string of the molecule is Nc1nc(=S)nc(-c2ccsc2)[nH]1. The van der Waals surface area contributed by atoms with Gasteiger partial charge in [0.15, 0.2) is 0 Å². The van der Waals surface area contributed by atoms with E-state index in [9.17, 15) is 0 Å². The van der Waals surface area contributed by atoms with Crippen LogP contribution in [0, 0.1) is 4.77 Å². The molecular weight excluding hydrogens is 204 g/mol. The Morgan fingerprint density at radius 3 is 2.92 bits per heavy atom. The Kier molecular flexibility index (Phi) is 2.07. The van der Waals surface area contributed by atoms with Crippen molar-refractivity contribution in [3.05, 3.63) is 21.6 Å². The lowest BCUT2D eigenvalue weighted by molar-refractivity contribution is 1.05. The number of anilines is 1. The summed E-state index contributed by atoms with van der Waals surface area (Å²) < 4.78 is 0.262. The number of aromatic nitrogens is 3. The van der Waals surface area contributed by atoms with Gasteiger partial charge < -0.3 is 10.7 Å². The van der Waals surface area contributed by atoms with Gasteiger partial charge in [-0.15, -0.1) is 0 Å². The molecule has 0 aromatic carbocycles. The number of hydrogen-bond acceptors (Lipinski definition) is 5. The van der Waals surface area contributed by atoms with Crippen LogP contribution in [0.3, 0.4) is 0 Å². The Morgan fingerprint density at radius 2 is 2.31 bits per heavy atom. The van der Waals surface area contributed by atoms with Crippen molar-refractivity contribution in [1.29, 1.82) is 0 Å². The van der Waals surface area contributed by atoms with Crippen LogP contribution in [-0.2, 0) is 0 Å². The normalized spacial score (nSPS) is 10.2. The Morgan fingerprint density at radius 1 is 1.46 bits per heavy atom. The molecule has 0 radical (unpaired) electrons. The third kappa shape index (κ3) is 1.73. The minimum Gasteiger partial charge on any atom is -0.369 e. The van der Waals surface area contributed by atoms with Crippen molar-refractivity contribution in [2.24, 2.45) is 0 Å². The molecule has 0 saturated heterocycles. The maximum atomic E-state index is 5.50. The number of nitrogens with two attached hydrogens (primary N) is 1. The Balaban J connectivity index is 2.59. The Bertz CT molecular complexity index is 460. The van der Waals surface area contributed by atoms with Gasteiger partial charge in [-0.1, -0.05) is 0 Å².